The van der Waals surface area contributed by atoms with Gasteiger partial charge < -0.3 is 28.5 Å². The van der Waals surface area contributed by atoms with Crippen LogP contribution < -0.4 is 10.2 Å². The van der Waals surface area contributed by atoms with E-state index < -0.39 is 26.6 Å². The normalized spacial score (nSPS) is 14.4. The Hall–Kier alpha value is -2.55. The van der Waals surface area contributed by atoms with Crippen LogP contribution in [0.4, 0.5) is 0 Å². The minimum Gasteiger partial charge on any atom is -0.756 e. The summed E-state index contributed by atoms with van der Waals surface area (Å²) in [6, 6.07) is -0.925. The van der Waals surface area contributed by atoms with Gasteiger partial charge in [0.2, 0.25) is 5.91 Å². The summed E-state index contributed by atoms with van der Waals surface area (Å²) in [7, 11) is 1.14. The number of likely N-dealkylation sites (N-methyl/N-ethyl adjacent to an activating group) is 1. The van der Waals surface area contributed by atoms with Crippen molar-refractivity contribution in [2.24, 2.45) is 0 Å². The van der Waals surface area contributed by atoms with Crippen molar-refractivity contribution in [2.75, 3.05) is 40.9 Å². The van der Waals surface area contributed by atoms with Crippen molar-refractivity contribution < 1.29 is 37.3 Å². The van der Waals surface area contributed by atoms with E-state index in [1.807, 2.05) is 33.3 Å². The van der Waals surface area contributed by atoms with Crippen molar-refractivity contribution in [3.05, 3.63) is 72.9 Å². The zero-order valence-electron chi connectivity index (χ0n) is 45.5. The van der Waals surface area contributed by atoms with Crippen LogP contribution >= 0.6 is 7.82 Å². The average molecular weight is 987 g/mol. The van der Waals surface area contributed by atoms with Gasteiger partial charge in [-0.1, -0.05) is 210 Å². The average Bonchev–Trinajstić information content (AvgIpc) is 3.31. The van der Waals surface area contributed by atoms with Crippen molar-refractivity contribution in [1.29, 1.82) is 0 Å². The lowest BCUT2D eigenvalue weighted by atomic mass is 10.1. The largest absolute Gasteiger partial charge is 0.756 e. The minimum atomic E-state index is -4.71. The first-order valence-electron chi connectivity index (χ1n) is 28.2. The molecule has 0 spiro atoms. The van der Waals surface area contributed by atoms with Crippen LogP contribution in [0.25, 0.3) is 0 Å². The second kappa shape index (κ2) is 49.0. The number of hydrogen-bond donors (Lipinski definition) is 1. The molecule has 0 aliphatic heterocycles. The van der Waals surface area contributed by atoms with E-state index in [0.29, 0.717) is 23.9 Å². The molecule has 1 N–H and O–H groups in total. The Morgan fingerprint density at radius 1 is 0.507 bits per heavy atom. The molecule has 0 aromatic carbocycles. The molecular formula is C59H107N2O7P. The molecule has 0 fully saturated rings. The lowest BCUT2D eigenvalue weighted by Crippen LogP contribution is -2.47. The van der Waals surface area contributed by atoms with E-state index in [-0.39, 0.29) is 31.3 Å². The van der Waals surface area contributed by atoms with Crippen LogP contribution in [0.5, 0.6) is 0 Å². The number of carbonyl (C=O) groups is 2. The Labute approximate surface area is 425 Å². The Balaban J connectivity index is 5.39. The first kappa shape index (κ1) is 66.5. The molecule has 0 saturated heterocycles. The van der Waals surface area contributed by atoms with Gasteiger partial charge in [0.25, 0.3) is 7.82 Å². The molecule has 10 heteroatoms. The summed E-state index contributed by atoms with van der Waals surface area (Å²) in [5.74, 6) is -0.637. The number of phosphoric ester groups is 1. The van der Waals surface area contributed by atoms with Crippen molar-refractivity contribution >= 4 is 19.7 Å². The predicted molar refractivity (Wildman–Crippen MR) is 293 cm³/mol. The van der Waals surface area contributed by atoms with Crippen LogP contribution in [-0.4, -0.2) is 69.4 Å². The molecule has 9 nitrogen and oxygen atoms in total. The third kappa shape index (κ3) is 50.2. The molecule has 69 heavy (non-hydrogen) atoms. The monoisotopic (exact) mass is 987 g/mol. The van der Waals surface area contributed by atoms with Gasteiger partial charge in [-0.3, -0.25) is 14.2 Å². The number of amides is 1. The highest BCUT2D eigenvalue weighted by atomic mass is 31.2. The number of rotatable bonds is 50. The first-order valence-corrected chi connectivity index (χ1v) is 29.7. The van der Waals surface area contributed by atoms with Crippen LogP contribution in [0.1, 0.15) is 239 Å². The Kier molecular flexibility index (Phi) is 47.2. The molecule has 0 rings (SSSR count). The van der Waals surface area contributed by atoms with Gasteiger partial charge in [0.15, 0.2) is 0 Å². The van der Waals surface area contributed by atoms with E-state index in [1.54, 1.807) is 6.08 Å². The second-order valence-corrected chi connectivity index (χ2v) is 21.5. The number of ether oxygens (including phenoxy) is 1. The minimum absolute atomic E-state index is 0.0362. The number of hydrogen-bond acceptors (Lipinski definition) is 7. The molecule has 3 atom stereocenters. The summed E-state index contributed by atoms with van der Waals surface area (Å²) < 4.78 is 30.1. The summed E-state index contributed by atoms with van der Waals surface area (Å²) in [6.07, 6.45) is 61.7. The highest BCUT2D eigenvalue weighted by Crippen LogP contribution is 2.38. The van der Waals surface area contributed by atoms with E-state index in [2.05, 4.69) is 80.8 Å². The van der Waals surface area contributed by atoms with Crippen LogP contribution in [0.3, 0.4) is 0 Å². The van der Waals surface area contributed by atoms with Crippen molar-refractivity contribution in [3.63, 3.8) is 0 Å². The van der Waals surface area contributed by atoms with Crippen LogP contribution in [-0.2, 0) is 27.9 Å². The van der Waals surface area contributed by atoms with E-state index in [9.17, 15) is 19.0 Å². The van der Waals surface area contributed by atoms with Gasteiger partial charge in [-0.05, 0) is 89.5 Å². The van der Waals surface area contributed by atoms with E-state index in [4.69, 9.17) is 13.8 Å². The number of quaternary nitrogens is 1. The van der Waals surface area contributed by atoms with E-state index >= 15 is 0 Å². The van der Waals surface area contributed by atoms with Crippen molar-refractivity contribution in [3.8, 4) is 0 Å². The molecule has 0 aromatic rings. The molecule has 0 aliphatic rings. The highest BCUT2D eigenvalue weighted by molar-refractivity contribution is 7.45. The maximum absolute atomic E-state index is 13.4. The SMILES string of the molecule is CCCCC/C=C\C/C=C\C/C=C\CCCCCCCCC(=O)OC(/C=C\CCCCCCCCCCC)C(COP(=O)([O-])OCC[N+](C)(C)C)NC(=O)CC/C=C/C/C=C\CCCCCCCC. The number of allylic oxidation sites excluding steroid dienone is 11. The summed E-state index contributed by atoms with van der Waals surface area (Å²) in [5, 5.41) is 2.97. The van der Waals surface area contributed by atoms with Gasteiger partial charge in [0.05, 0.1) is 33.8 Å². The van der Waals surface area contributed by atoms with Crippen LogP contribution in [0.2, 0.25) is 0 Å². The third-order valence-corrected chi connectivity index (χ3v) is 13.1. The quantitative estimate of drug-likeness (QED) is 0.0212. The molecule has 0 heterocycles. The topological polar surface area (TPSA) is 114 Å². The van der Waals surface area contributed by atoms with Gasteiger partial charge in [-0.25, -0.2) is 0 Å². The molecule has 0 saturated carbocycles. The number of unbranched alkanes of at least 4 members (excludes halogenated alkanes) is 24. The molecule has 0 radical (unpaired) electrons. The molecule has 400 valence electrons. The van der Waals surface area contributed by atoms with Gasteiger partial charge in [-0.15, -0.1) is 0 Å². The zero-order chi connectivity index (χ0) is 50.8. The maximum Gasteiger partial charge on any atom is 0.306 e. The summed E-state index contributed by atoms with van der Waals surface area (Å²) in [6.45, 7) is 6.73. The lowest BCUT2D eigenvalue weighted by molar-refractivity contribution is -0.870. The number of nitrogens with one attached hydrogen (secondary N) is 1. The summed E-state index contributed by atoms with van der Waals surface area (Å²) in [4.78, 5) is 39.7. The Bertz CT molecular complexity index is 1420. The van der Waals surface area contributed by atoms with Crippen LogP contribution in [0, 0.1) is 0 Å². The lowest BCUT2D eigenvalue weighted by Gasteiger charge is -2.30. The first-order chi connectivity index (χ1) is 33.4. The maximum atomic E-state index is 13.4. The van der Waals surface area contributed by atoms with Crippen molar-refractivity contribution in [1.82, 2.24) is 5.32 Å². The zero-order valence-corrected chi connectivity index (χ0v) is 46.4. The Morgan fingerprint density at radius 3 is 1.38 bits per heavy atom. The van der Waals surface area contributed by atoms with Gasteiger partial charge in [0, 0.05) is 12.8 Å². The molecule has 0 aromatic heterocycles. The van der Waals surface area contributed by atoms with Crippen molar-refractivity contribution in [2.45, 2.75) is 251 Å². The van der Waals surface area contributed by atoms with Crippen LogP contribution in [0.15, 0.2) is 72.9 Å². The van der Waals surface area contributed by atoms with E-state index in [0.717, 1.165) is 83.5 Å². The number of nitrogens with zero attached hydrogens (tertiary/aromatic N) is 1. The van der Waals surface area contributed by atoms with Gasteiger partial charge in [0.1, 0.15) is 19.3 Å². The fourth-order valence-corrected chi connectivity index (χ4v) is 8.42. The van der Waals surface area contributed by atoms with Gasteiger partial charge in [-0.2, -0.15) is 0 Å². The van der Waals surface area contributed by atoms with E-state index in [1.165, 1.54) is 109 Å². The highest BCUT2D eigenvalue weighted by Gasteiger charge is 2.27. The smallest absolute Gasteiger partial charge is 0.306 e. The molecular weight excluding hydrogens is 880 g/mol. The summed E-state index contributed by atoms with van der Waals surface area (Å²) in [5.41, 5.74) is 0. The number of phosphoric acid groups is 1. The standard InChI is InChI=1S/C59H107N2O7P/c1-7-10-13-16-19-22-25-27-28-29-30-31-32-34-37-40-43-46-49-52-59(63)68-57(50-47-44-41-38-35-24-21-18-15-12-9-3)56(55-67-69(64,65)66-54-53-61(4,5)6)60-58(62)51-48-45-42-39-36-33-26-23-20-17-14-11-8-2/h19,22,27-28,30-31,33,36,42,45,47,50,56-57H,7-18,20-21,23-26,29,32,34-35,37-41,43-44,46,48-49,51-55H2,1-6H3,(H-,60,62,64,65)/b22-19-,28-27-,31-30-,36-33-,45-42+,50-47-. The number of esters is 1. The fourth-order valence-electron chi connectivity index (χ4n) is 7.69. The molecule has 1 amide bonds. The fraction of sp³-hybridized carbons (Fsp3) is 0.763. The predicted octanol–water partition coefficient (Wildman–Crippen LogP) is 16.3. The molecule has 0 aliphatic carbocycles. The third-order valence-electron chi connectivity index (χ3n) is 12.1. The van der Waals surface area contributed by atoms with Gasteiger partial charge >= 0.3 is 5.97 Å². The molecule has 3 unspecified atom stereocenters. The summed E-state index contributed by atoms with van der Waals surface area (Å²) >= 11 is 0. The second-order valence-electron chi connectivity index (χ2n) is 20.1. The number of carbonyl (C=O) groups excluding carboxylic acids is 2. The molecule has 0 bridgehead atoms. The Morgan fingerprint density at radius 2 is 0.899 bits per heavy atom.